The van der Waals surface area contributed by atoms with Gasteiger partial charge in [-0.15, -0.1) is 0 Å². The summed E-state index contributed by atoms with van der Waals surface area (Å²) >= 11 is 0. The number of carbonyl (C=O) groups is 1. The molecule has 0 unspecified atom stereocenters. The number of nitrogens with zero attached hydrogens (tertiary/aromatic N) is 4. The summed E-state index contributed by atoms with van der Waals surface area (Å²) in [4.78, 5) is 28.8. The summed E-state index contributed by atoms with van der Waals surface area (Å²) in [5.41, 5.74) is 6.43. The zero-order valence-electron chi connectivity index (χ0n) is 27.4. The van der Waals surface area contributed by atoms with Crippen molar-refractivity contribution in [2.24, 2.45) is 11.3 Å². The van der Waals surface area contributed by atoms with Gasteiger partial charge in [0.15, 0.2) is 0 Å². The van der Waals surface area contributed by atoms with Gasteiger partial charge in [-0.25, -0.2) is 4.98 Å². The van der Waals surface area contributed by atoms with Crippen LogP contribution in [0, 0.1) is 25.2 Å². The molecule has 1 aliphatic carbocycles. The standard InChI is InChI=1S/C37H49N5O2/c1-24(2)17-30-21-41-22-31(23-42(30)29-13-15-37(5,6)16-14-29)44-33-19-32(34-25(3)9-7-10-26(34)4)39-36(40-33)38-20-27-11-8-12-28(18-27)35(41)43/h7-12,18-19,24,29-31H,13-17,20-23H2,1-6H3,(H,38,39,40)/t30-,31-/m0/s1. The average molecular weight is 596 g/mol. The monoisotopic (exact) mass is 595 g/mol. The van der Waals surface area contributed by atoms with Crippen molar-refractivity contribution in [3.05, 3.63) is 70.8 Å². The Labute approximate surface area is 263 Å². The number of ether oxygens (including phenoxy) is 1. The maximum absolute atomic E-state index is 14.2. The van der Waals surface area contributed by atoms with Crippen molar-refractivity contribution in [3.8, 4) is 17.1 Å². The molecule has 1 saturated heterocycles. The van der Waals surface area contributed by atoms with Crippen molar-refractivity contribution >= 4 is 11.9 Å². The molecule has 1 saturated carbocycles. The first-order valence-electron chi connectivity index (χ1n) is 16.5. The van der Waals surface area contributed by atoms with Crippen LogP contribution in [0.2, 0.25) is 0 Å². The molecule has 2 fully saturated rings. The first-order chi connectivity index (χ1) is 21.0. The number of anilines is 1. The fourth-order valence-corrected chi connectivity index (χ4v) is 7.54. The van der Waals surface area contributed by atoms with Crippen LogP contribution in [0.1, 0.15) is 86.8 Å². The van der Waals surface area contributed by atoms with Crippen LogP contribution in [-0.2, 0) is 6.54 Å². The molecule has 2 aliphatic heterocycles. The first kappa shape index (κ1) is 30.6. The number of benzene rings is 2. The molecular weight excluding hydrogens is 546 g/mol. The number of carbonyl (C=O) groups excluding carboxylic acids is 1. The summed E-state index contributed by atoms with van der Waals surface area (Å²) in [6.07, 6.45) is 5.65. The summed E-state index contributed by atoms with van der Waals surface area (Å²) in [6, 6.07) is 17.1. The topological polar surface area (TPSA) is 70.6 Å². The van der Waals surface area contributed by atoms with E-state index in [1.807, 2.05) is 24.3 Å². The van der Waals surface area contributed by atoms with E-state index in [0.717, 1.165) is 35.3 Å². The predicted octanol–water partition coefficient (Wildman–Crippen LogP) is 7.27. The maximum atomic E-state index is 14.2. The average Bonchev–Trinajstić information content (AvgIpc) is 3.14. The van der Waals surface area contributed by atoms with Gasteiger partial charge < -0.3 is 15.0 Å². The highest BCUT2D eigenvalue weighted by Crippen LogP contribution is 2.39. The van der Waals surface area contributed by atoms with E-state index in [0.29, 0.717) is 48.8 Å². The Morgan fingerprint density at radius 2 is 1.70 bits per heavy atom. The molecular formula is C37H49N5O2. The van der Waals surface area contributed by atoms with Crippen molar-refractivity contribution in [2.75, 3.05) is 25.0 Å². The largest absolute Gasteiger partial charge is 0.471 e. The van der Waals surface area contributed by atoms with Gasteiger partial charge in [0.1, 0.15) is 6.10 Å². The highest BCUT2D eigenvalue weighted by Gasteiger charge is 2.39. The van der Waals surface area contributed by atoms with Crippen LogP contribution in [0.4, 0.5) is 5.95 Å². The molecule has 7 heteroatoms. The molecule has 6 bridgehead atoms. The summed E-state index contributed by atoms with van der Waals surface area (Å²) in [5, 5.41) is 3.43. The molecule has 7 nitrogen and oxygen atoms in total. The minimum Gasteiger partial charge on any atom is -0.471 e. The maximum Gasteiger partial charge on any atom is 0.254 e. The van der Waals surface area contributed by atoms with Gasteiger partial charge >= 0.3 is 0 Å². The van der Waals surface area contributed by atoms with E-state index in [2.05, 4.69) is 80.9 Å². The molecule has 1 aromatic heterocycles. The molecule has 2 aromatic carbocycles. The van der Waals surface area contributed by atoms with Gasteiger partial charge in [-0.1, -0.05) is 58.0 Å². The van der Waals surface area contributed by atoms with Gasteiger partial charge in [0.25, 0.3) is 5.91 Å². The number of nitrogens with one attached hydrogen (secondary N) is 1. The third kappa shape index (κ3) is 6.78. The number of hydrogen-bond acceptors (Lipinski definition) is 6. The van der Waals surface area contributed by atoms with Gasteiger partial charge in [0, 0.05) is 48.9 Å². The van der Waals surface area contributed by atoms with Crippen molar-refractivity contribution in [3.63, 3.8) is 0 Å². The molecule has 3 heterocycles. The molecule has 44 heavy (non-hydrogen) atoms. The molecule has 0 radical (unpaired) electrons. The molecule has 3 aliphatic rings. The SMILES string of the molecule is Cc1cccc(C)c1-c1cc2nc(n1)NCc1cccc(c1)C(=O)N1C[C@@H](CN(C3CCC(C)(C)CC3)[C@@H](CC(C)C)C1)O2. The highest BCUT2D eigenvalue weighted by molar-refractivity contribution is 5.94. The lowest BCUT2D eigenvalue weighted by Crippen LogP contribution is -2.50. The van der Waals surface area contributed by atoms with E-state index in [1.54, 1.807) is 0 Å². The lowest BCUT2D eigenvalue weighted by atomic mass is 9.75. The number of amides is 1. The van der Waals surface area contributed by atoms with E-state index in [9.17, 15) is 4.79 Å². The van der Waals surface area contributed by atoms with Crippen LogP contribution < -0.4 is 10.1 Å². The molecule has 2 atom stereocenters. The Morgan fingerprint density at radius 1 is 0.977 bits per heavy atom. The Bertz CT molecular complexity index is 1470. The van der Waals surface area contributed by atoms with Gasteiger partial charge in [-0.05, 0) is 86.1 Å². The first-order valence-corrected chi connectivity index (χ1v) is 16.5. The van der Waals surface area contributed by atoms with Crippen LogP contribution in [0.15, 0.2) is 48.5 Å². The van der Waals surface area contributed by atoms with E-state index in [1.165, 1.54) is 36.8 Å². The second-order valence-electron chi connectivity index (χ2n) is 14.6. The third-order valence-electron chi connectivity index (χ3n) is 9.90. The predicted molar refractivity (Wildman–Crippen MR) is 177 cm³/mol. The van der Waals surface area contributed by atoms with Gasteiger partial charge in [-0.3, -0.25) is 9.69 Å². The quantitative estimate of drug-likeness (QED) is 0.342. The molecule has 0 spiro atoms. The van der Waals surface area contributed by atoms with Gasteiger partial charge in [0.2, 0.25) is 11.8 Å². The van der Waals surface area contributed by atoms with Crippen LogP contribution >= 0.6 is 0 Å². The molecule has 6 rings (SSSR count). The Hall–Kier alpha value is -3.45. The van der Waals surface area contributed by atoms with Crippen molar-refractivity contribution in [2.45, 2.75) is 98.4 Å². The lowest BCUT2D eigenvalue weighted by molar-refractivity contribution is 0.0416. The fourth-order valence-electron chi connectivity index (χ4n) is 7.54. The summed E-state index contributed by atoms with van der Waals surface area (Å²) in [5.74, 6) is 1.69. The van der Waals surface area contributed by atoms with Crippen LogP contribution in [0.3, 0.4) is 0 Å². The number of rotatable bonds is 4. The van der Waals surface area contributed by atoms with Crippen molar-refractivity contribution < 1.29 is 9.53 Å². The van der Waals surface area contributed by atoms with Gasteiger partial charge in [-0.2, -0.15) is 4.98 Å². The van der Waals surface area contributed by atoms with Crippen LogP contribution in [-0.4, -0.2) is 63.5 Å². The number of aryl methyl sites for hydroxylation is 2. The second-order valence-corrected chi connectivity index (χ2v) is 14.6. The van der Waals surface area contributed by atoms with E-state index in [4.69, 9.17) is 14.7 Å². The lowest BCUT2D eigenvalue weighted by Gasteiger charge is -2.44. The number of hydrogen-bond donors (Lipinski definition) is 1. The summed E-state index contributed by atoms with van der Waals surface area (Å²) in [6.45, 7) is 16.2. The summed E-state index contributed by atoms with van der Waals surface area (Å²) < 4.78 is 6.86. The number of fused-ring (bicyclic) bond motifs is 6. The van der Waals surface area contributed by atoms with Gasteiger partial charge in [0.05, 0.1) is 12.2 Å². The highest BCUT2D eigenvalue weighted by atomic mass is 16.5. The Morgan fingerprint density at radius 3 is 2.43 bits per heavy atom. The Balaban J connectivity index is 1.43. The smallest absolute Gasteiger partial charge is 0.254 e. The molecule has 3 aromatic rings. The van der Waals surface area contributed by atoms with E-state index < -0.39 is 0 Å². The molecule has 1 N–H and O–H groups in total. The second kappa shape index (κ2) is 12.5. The van der Waals surface area contributed by atoms with E-state index >= 15 is 0 Å². The number of aromatic nitrogens is 2. The minimum absolute atomic E-state index is 0.0779. The fraction of sp³-hybridized carbons (Fsp3) is 0.541. The Kier molecular flexibility index (Phi) is 8.69. The zero-order valence-corrected chi connectivity index (χ0v) is 27.4. The van der Waals surface area contributed by atoms with Crippen LogP contribution in [0.5, 0.6) is 5.88 Å². The van der Waals surface area contributed by atoms with Crippen molar-refractivity contribution in [1.29, 1.82) is 0 Å². The van der Waals surface area contributed by atoms with Crippen LogP contribution in [0.25, 0.3) is 11.3 Å². The molecule has 1 amide bonds. The summed E-state index contributed by atoms with van der Waals surface area (Å²) in [7, 11) is 0. The zero-order chi connectivity index (χ0) is 31.0. The van der Waals surface area contributed by atoms with Crippen molar-refractivity contribution in [1.82, 2.24) is 19.8 Å². The third-order valence-corrected chi connectivity index (χ3v) is 9.90. The molecule has 234 valence electrons. The van der Waals surface area contributed by atoms with E-state index in [-0.39, 0.29) is 18.1 Å². The normalized spacial score (nSPS) is 22.7. The minimum atomic E-state index is -0.219.